The maximum Gasteiger partial charge on any atom is 0.291 e. The lowest BCUT2D eigenvalue weighted by molar-refractivity contribution is -0.120. The number of methoxy groups -OCH3 is 1. The molecule has 1 saturated heterocycles. The molecule has 0 saturated carbocycles. The van der Waals surface area contributed by atoms with Crippen molar-refractivity contribution in [2.45, 2.75) is 0 Å². The fraction of sp³-hybridized carbons (Fsp3) is 0.286. The van der Waals surface area contributed by atoms with E-state index in [1.54, 1.807) is 18.1 Å². The van der Waals surface area contributed by atoms with Gasteiger partial charge in [0.25, 0.3) is 5.91 Å². The van der Waals surface area contributed by atoms with Crippen LogP contribution < -0.4 is 9.64 Å². The topological polar surface area (TPSA) is 91.4 Å². The van der Waals surface area contributed by atoms with Crippen molar-refractivity contribution in [3.63, 3.8) is 0 Å². The van der Waals surface area contributed by atoms with Crippen LogP contribution in [0.15, 0.2) is 30.6 Å². The number of aromatic nitrogens is 3. The molecule has 2 aromatic rings. The first-order valence-electron chi connectivity index (χ1n) is 6.78. The van der Waals surface area contributed by atoms with E-state index in [1.165, 1.54) is 11.2 Å². The second-order valence-corrected chi connectivity index (χ2v) is 4.81. The van der Waals surface area contributed by atoms with Crippen LogP contribution in [0.25, 0.3) is 0 Å². The molecular weight excluding hydrogens is 286 g/mol. The number of carbonyl (C=O) groups is 2. The SMILES string of the molecule is COc1cccc(N2CCN(C(=O)c3ncn[nH]3)CC2=O)c1. The third kappa shape index (κ3) is 2.62. The first kappa shape index (κ1) is 14.1. The second kappa shape index (κ2) is 5.84. The largest absolute Gasteiger partial charge is 0.497 e. The van der Waals surface area contributed by atoms with Crippen LogP contribution >= 0.6 is 0 Å². The molecule has 2 heterocycles. The van der Waals surface area contributed by atoms with Gasteiger partial charge in [0.1, 0.15) is 18.6 Å². The number of hydrogen-bond acceptors (Lipinski definition) is 5. The molecule has 8 nitrogen and oxygen atoms in total. The summed E-state index contributed by atoms with van der Waals surface area (Å²) in [5.41, 5.74) is 0.760. The van der Waals surface area contributed by atoms with Crippen molar-refractivity contribution in [3.8, 4) is 5.75 Å². The molecule has 8 heteroatoms. The molecule has 1 N–H and O–H groups in total. The zero-order chi connectivity index (χ0) is 15.5. The van der Waals surface area contributed by atoms with Gasteiger partial charge >= 0.3 is 0 Å². The Morgan fingerprint density at radius 3 is 2.91 bits per heavy atom. The number of ether oxygens (including phenoxy) is 1. The van der Waals surface area contributed by atoms with E-state index in [2.05, 4.69) is 15.2 Å². The Hall–Kier alpha value is -2.90. The Kier molecular flexibility index (Phi) is 3.73. The van der Waals surface area contributed by atoms with E-state index in [0.29, 0.717) is 18.8 Å². The summed E-state index contributed by atoms with van der Waals surface area (Å²) in [6.45, 7) is 0.866. The molecular formula is C14H15N5O3. The molecule has 0 atom stereocenters. The Morgan fingerprint density at radius 1 is 1.36 bits per heavy atom. The number of benzene rings is 1. The van der Waals surface area contributed by atoms with E-state index in [4.69, 9.17) is 4.74 Å². The lowest BCUT2D eigenvalue weighted by atomic mass is 10.2. The quantitative estimate of drug-likeness (QED) is 0.880. The molecule has 2 amide bonds. The zero-order valence-electron chi connectivity index (χ0n) is 12.0. The van der Waals surface area contributed by atoms with Gasteiger partial charge in [0.05, 0.1) is 7.11 Å². The molecule has 1 aromatic carbocycles. The van der Waals surface area contributed by atoms with Gasteiger partial charge in [-0.1, -0.05) is 6.07 Å². The van der Waals surface area contributed by atoms with Crippen LogP contribution in [-0.4, -0.2) is 58.6 Å². The van der Waals surface area contributed by atoms with Crippen LogP contribution in [0.5, 0.6) is 5.75 Å². The minimum absolute atomic E-state index is 0.0107. The molecule has 1 aliphatic rings. The third-order valence-corrected chi connectivity index (χ3v) is 3.49. The van der Waals surface area contributed by atoms with Gasteiger partial charge in [-0.3, -0.25) is 14.7 Å². The Morgan fingerprint density at radius 2 is 2.23 bits per heavy atom. The number of anilines is 1. The minimum atomic E-state index is -0.323. The molecule has 114 valence electrons. The fourth-order valence-electron chi connectivity index (χ4n) is 2.36. The lowest BCUT2D eigenvalue weighted by Crippen LogP contribution is -2.52. The maximum absolute atomic E-state index is 12.3. The fourth-order valence-corrected chi connectivity index (χ4v) is 2.36. The minimum Gasteiger partial charge on any atom is -0.497 e. The second-order valence-electron chi connectivity index (χ2n) is 4.81. The Bertz CT molecular complexity index is 686. The van der Waals surface area contributed by atoms with E-state index < -0.39 is 0 Å². The predicted octanol–water partition coefficient (Wildman–Crippen LogP) is 0.302. The smallest absolute Gasteiger partial charge is 0.291 e. The van der Waals surface area contributed by atoms with Crippen molar-refractivity contribution in [3.05, 3.63) is 36.4 Å². The molecule has 3 rings (SSSR count). The van der Waals surface area contributed by atoms with Crippen LogP contribution in [0.2, 0.25) is 0 Å². The summed E-state index contributed by atoms with van der Waals surface area (Å²) in [5.74, 6) is 0.358. The summed E-state index contributed by atoms with van der Waals surface area (Å²) in [6, 6.07) is 7.28. The lowest BCUT2D eigenvalue weighted by Gasteiger charge is -2.34. The summed E-state index contributed by atoms with van der Waals surface area (Å²) in [6.07, 6.45) is 1.27. The first-order chi connectivity index (χ1) is 10.7. The predicted molar refractivity (Wildman–Crippen MR) is 77.6 cm³/mol. The number of amides is 2. The highest BCUT2D eigenvalue weighted by Crippen LogP contribution is 2.22. The number of nitrogens with one attached hydrogen (secondary N) is 1. The van der Waals surface area contributed by atoms with Gasteiger partial charge < -0.3 is 14.5 Å². The molecule has 1 fully saturated rings. The van der Waals surface area contributed by atoms with Crippen LogP contribution in [-0.2, 0) is 4.79 Å². The Labute approximate surface area is 126 Å². The highest BCUT2D eigenvalue weighted by molar-refractivity contribution is 6.00. The molecule has 0 unspecified atom stereocenters. The number of H-pyrrole nitrogens is 1. The number of hydrogen-bond donors (Lipinski definition) is 1. The molecule has 0 radical (unpaired) electrons. The van der Waals surface area contributed by atoms with Crippen LogP contribution in [0, 0.1) is 0 Å². The Balaban J connectivity index is 1.72. The average Bonchev–Trinajstić information content (AvgIpc) is 3.08. The molecule has 22 heavy (non-hydrogen) atoms. The van der Waals surface area contributed by atoms with E-state index >= 15 is 0 Å². The first-order valence-corrected chi connectivity index (χ1v) is 6.78. The van der Waals surface area contributed by atoms with Crippen molar-refractivity contribution in [2.75, 3.05) is 31.6 Å². The number of rotatable bonds is 3. The number of piperazine rings is 1. The van der Waals surface area contributed by atoms with E-state index in [-0.39, 0.29) is 24.2 Å². The van der Waals surface area contributed by atoms with E-state index in [1.807, 2.05) is 18.2 Å². The zero-order valence-corrected chi connectivity index (χ0v) is 12.0. The van der Waals surface area contributed by atoms with Gasteiger partial charge in [-0.05, 0) is 12.1 Å². The van der Waals surface area contributed by atoms with Gasteiger partial charge in [0, 0.05) is 24.8 Å². The number of aromatic amines is 1. The van der Waals surface area contributed by atoms with Crippen molar-refractivity contribution >= 4 is 17.5 Å². The summed E-state index contributed by atoms with van der Waals surface area (Å²) in [7, 11) is 1.58. The number of nitrogens with zero attached hydrogens (tertiary/aromatic N) is 4. The number of carbonyl (C=O) groups excluding carboxylic acids is 2. The summed E-state index contributed by atoms with van der Waals surface area (Å²) in [4.78, 5) is 31.4. The standard InChI is InChI=1S/C14H15N5O3/c1-22-11-4-2-3-10(7-11)19-6-5-18(8-12(19)20)14(21)13-15-9-16-17-13/h2-4,7,9H,5-6,8H2,1H3,(H,15,16,17). The average molecular weight is 301 g/mol. The molecule has 1 aliphatic heterocycles. The highest BCUT2D eigenvalue weighted by atomic mass is 16.5. The van der Waals surface area contributed by atoms with E-state index in [9.17, 15) is 9.59 Å². The van der Waals surface area contributed by atoms with Gasteiger partial charge in [-0.2, -0.15) is 5.10 Å². The van der Waals surface area contributed by atoms with Crippen molar-refractivity contribution in [1.29, 1.82) is 0 Å². The van der Waals surface area contributed by atoms with Gasteiger partial charge in [0.2, 0.25) is 11.7 Å². The summed E-state index contributed by atoms with van der Waals surface area (Å²) < 4.78 is 5.17. The van der Waals surface area contributed by atoms with Gasteiger partial charge in [-0.15, -0.1) is 0 Å². The van der Waals surface area contributed by atoms with E-state index in [0.717, 1.165) is 5.69 Å². The third-order valence-electron chi connectivity index (χ3n) is 3.49. The molecule has 0 bridgehead atoms. The van der Waals surface area contributed by atoms with Crippen LogP contribution in [0.3, 0.4) is 0 Å². The summed E-state index contributed by atoms with van der Waals surface area (Å²) >= 11 is 0. The van der Waals surface area contributed by atoms with Crippen molar-refractivity contribution < 1.29 is 14.3 Å². The normalized spacial score (nSPS) is 15.0. The summed E-state index contributed by atoms with van der Waals surface area (Å²) in [5, 5.41) is 6.16. The van der Waals surface area contributed by atoms with Gasteiger partial charge in [-0.25, -0.2) is 4.98 Å². The highest BCUT2D eigenvalue weighted by Gasteiger charge is 2.29. The molecule has 0 spiro atoms. The van der Waals surface area contributed by atoms with Gasteiger partial charge in [0.15, 0.2) is 0 Å². The monoisotopic (exact) mass is 301 g/mol. The molecule has 0 aliphatic carbocycles. The van der Waals surface area contributed by atoms with Crippen LogP contribution in [0.4, 0.5) is 5.69 Å². The van der Waals surface area contributed by atoms with Crippen molar-refractivity contribution in [1.82, 2.24) is 20.1 Å². The maximum atomic E-state index is 12.3. The molecule has 1 aromatic heterocycles. The van der Waals surface area contributed by atoms with Crippen LogP contribution in [0.1, 0.15) is 10.6 Å². The van der Waals surface area contributed by atoms with Crippen molar-refractivity contribution in [2.24, 2.45) is 0 Å².